The second-order valence-electron chi connectivity index (χ2n) is 17.3. The molecule has 7 rings (SSSR count). The normalized spacial score (nSPS) is 15.7. The maximum atomic E-state index is 13.8. The smallest absolute Gasteiger partial charge is 0.408 e. The number of hydrogen-bond donors (Lipinski definition) is 3. The van der Waals surface area contributed by atoms with E-state index >= 15 is 0 Å². The lowest BCUT2D eigenvalue weighted by Crippen LogP contribution is -2.54. The third kappa shape index (κ3) is 11.7. The summed E-state index contributed by atoms with van der Waals surface area (Å²) in [6.45, 7) is 15.6. The van der Waals surface area contributed by atoms with Crippen LogP contribution in [0.5, 0.6) is 5.75 Å². The zero-order valence-corrected chi connectivity index (χ0v) is 39.4. The molecule has 1 atom stereocenters. The molecule has 2 fully saturated rings. The van der Waals surface area contributed by atoms with Crippen LogP contribution in [-0.2, 0) is 14.1 Å². The number of piperidine rings is 1. The van der Waals surface area contributed by atoms with Gasteiger partial charge in [0.05, 0.1) is 53.2 Å². The monoisotopic (exact) mass is 913 g/mol. The molecule has 0 bridgehead atoms. The number of alkyl carbamates (subject to hydrolysis) is 1. The molecule has 14 nitrogen and oxygen atoms in total. The number of rotatable bonds is 13. The van der Waals surface area contributed by atoms with Crippen LogP contribution in [-0.4, -0.2) is 108 Å². The molecule has 0 radical (unpaired) electrons. The minimum atomic E-state index is -2.56. The molecule has 334 valence electrons. The van der Waals surface area contributed by atoms with Crippen molar-refractivity contribution in [2.75, 3.05) is 75.2 Å². The lowest BCUT2D eigenvalue weighted by molar-refractivity contribution is -0.133. The third-order valence-electron chi connectivity index (χ3n) is 11.3. The van der Waals surface area contributed by atoms with Gasteiger partial charge in [0.15, 0.2) is 5.82 Å². The largest absolute Gasteiger partial charge is 0.494 e. The molecular weight excluding hydrogens is 857 g/mol. The molecule has 0 spiro atoms. The topological polar surface area (TPSA) is 154 Å². The lowest BCUT2D eigenvalue weighted by Gasteiger charge is -2.43. The van der Waals surface area contributed by atoms with Gasteiger partial charge in [-0.3, -0.25) is 9.69 Å². The van der Waals surface area contributed by atoms with Gasteiger partial charge in [-0.15, -0.1) is 11.3 Å². The van der Waals surface area contributed by atoms with Gasteiger partial charge in [0.1, 0.15) is 23.5 Å². The molecule has 2 amide bonds. The van der Waals surface area contributed by atoms with Gasteiger partial charge in [-0.05, 0) is 89.3 Å². The summed E-state index contributed by atoms with van der Waals surface area (Å²) in [6.07, 6.45) is 3.11. The Morgan fingerprint density at radius 2 is 1.65 bits per heavy atom. The van der Waals surface area contributed by atoms with Crippen molar-refractivity contribution in [2.45, 2.75) is 64.6 Å². The number of methoxy groups -OCH3 is 1. The number of amides is 2. The number of aryl methyl sites for hydroxylation is 1. The van der Waals surface area contributed by atoms with E-state index in [9.17, 15) is 14.2 Å². The van der Waals surface area contributed by atoms with E-state index in [1.165, 1.54) is 6.20 Å². The van der Waals surface area contributed by atoms with E-state index in [2.05, 4.69) is 46.8 Å². The van der Waals surface area contributed by atoms with Crippen LogP contribution in [0.3, 0.4) is 0 Å². The first kappa shape index (κ1) is 45.8. The number of benzene rings is 3. The molecule has 17 heteroatoms. The summed E-state index contributed by atoms with van der Waals surface area (Å²) < 4.78 is 24.3. The van der Waals surface area contributed by atoms with Gasteiger partial charge in [0.2, 0.25) is 11.9 Å². The van der Waals surface area contributed by atoms with Crippen molar-refractivity contribution in [2.24, 2.45) is 0 Å². The third-order valence-corrected chi connectivity index (χ3v) is 14.1. The van der Waals surface area contributed by atoms with Crippen molar-refractivity contribution in [3.8, 4) is 16.2 Å². The number of carbonyl (C=O) groups excluding carboxylic acids is 2. The van der Waals surface area contributed by atoms with Gasteiger partial charge in [-0.1, -0.05) is 48.0 Å². The van der Waals surface area contributed by atoms with E-state index in [4.69, 9.17) is 21.1 Å². The zero-order chi connectivity index (χ0) is 44.9. The van der Waals surface area contributed by atoms with Crippen molar-refractivity contribution < 1.29 is 23.6 Å². The van der Waals surface area contributed by atoms with Gasteiger partial charge in [0.25, 0.3) is 0 Å². The first-order valence-corrected chi connectivity index (χ1v) is 25.1. The SMILES string of the molecule is COc1cc(N2CCC(N3CCN(C(=O)C[C@H](NC(=O)OC(C)(C)C)c4ccc(-c5scnc5C)cc4)CC3)CC2)ccc1Nc1ncc(Cl)c(Nc2ccccc2P(C)(C)=O)n1. The molecule has 2 aliphatic heterocycles. The molecule has 4 heterocycles. The van der Waals surface area contributed by atoms with Crippen LogP contribution in [0.2, 0.25) is 5.02 Å². The Morgan fingerprint density at radius 1 is 0.937 bits per heavy atom. The summed E-state index contributed by atoms with van der Waals surface area (Å²) in [4.78, 5) is 48.1. The summed E-state index contributed by atoms with van der Waals surface area (Å²) in [7, 11) is -0.920. The standard InChI is InChI=1S/C46H57ClN9O5PS/c1-30-42(63-29-49-30)32-14-12-31(13-15-32)38(52-45(58)61-46(2,3)4)27-41(57)56-24-22-55(23-25-56)33-18-20-54(21-19-33)34-16-17-36(39(26-34)60-5)51-44-48-28-35(47)43(53-44)50-37-10-8-9-11-40(37)62(6,7)59/h8-17,26,28-29,33,38H,18-25,27H2,1-7H3,(H,52,58)(H2,48,50,51,53)/t38-/m0/s1. The number of halogens is 1. The van der Waals surface area contributed by atoms with Crippen molar-refractivity contribution in [1.82, 2.24) is 30.1 Å². The van der Waals surface area contributed by atoms with Crippen molar-refractivity contribution in [3.63, 3.8) is 0 Å². The van der Waals surface area contributed by atoms with E-state index < -0.39 is 24.9 Å². The van der Waals surface area contributed by atoms with Crippen LogP contribution in [0.15, 0.2) is 78.4 Å². The van der Waals surface area contributed by atoms with Gasteiger partial charge in [0, 0.05) is 62.4 Å². The summed E-state index contributed by atoms with van der Waals surface area (Å²) >= 11 is 8.08. The Labute approximate surface area is 379 Å². The summed E-state index contributed by atoms with van der Waals surface area (Å²) in [6, 6.07) is 21.4. The number of aromatic nitrogens is 3. The number of nitrogens with zero attached hydrogens (tertiary/aromatic N) is 6. The number of carbonyl (C=O) groups is 2. The highest BCUT2D eigenvalue weighted by atomic mass is 35.5. The van der Waals surface area contributed by atoms with E-state index in [0.717, 1.165) is 66.4 Å². The Morgan fingerprint density at radius 3 is 2.30 bits per heavy atom. The Bertz CT molecular complexity index is 2440. The summed E-state index contributed by atoms with van der Waals surface area (Å²) in [5, 5.41) is 10.5. The maximum Gasteiger partial charge on any atom is 0.408 e. The van der Waals surface area contributed by atoms with E-state index in [0.29, 0.717) is 58.3 Å². The minimum Gasteiger partial charge on any atom is -0.494 e. The fourth-order valence-electron chi connectivity index (χ4n) is 8.07. The Kier molecular flexibility index (Phi) is 14.3. The highest BCUT2D eigenvalue weighted by Gasteiger charge is 2.31. The number of anilines is 5. The van der Waals surface area contributed by atoms with Crippen LogP contribution in [0.1, 0.15) is 57.3 Å². The molecule has 5 aromatic rings. The van der Waals surface area contributed by atoms with Gasteiger partial charge in [-0.25, -0.2) is 14.8 Å². The summed E-state index contributed by atoms with van der Waals surface area (Å²) in [5.41, 5.74) is 6.48. The van der Waals surface area contributed by atoms with Gasteiger partial charge in [-0.2, -0.15) is 4.98 Å². The molecular formula is C46H57ClN9O5PS. The predicted octanol–water partition coefficient (Wildman–Crippen LogP) is 9.07. The number of para-hydroxylation sites is 1. The molecule has 63 heavy (non-hydrogen) atoms. The predicted molar refractivity (Wildman–Crippen MR) is 255 cm³/mol. The lowest BCUT2D eigenvalue weighted by atomic mass is 10.00. The van der Waals surface area contributed by atoms with Gasteiger partial charge >= 0.3 is 6.09 Å². The molecule has 2 saturated heterocycles. The number of nitrogens with one attached hydrogen (secondary N) is 3. The van der Waals surface area contributed by atoms with Crippen molar-refractivity contribution in [3.05, 3.63) is 94.7 Å². The average molecular weight is 915 g/mol. The maximum absolute atomic E-state index is 13.8. The number of thiazole rings is 1. The fraction of sp³-hybridized carbons (Fsp3) is 0.413. The first-order chi connectivity index (χ1) is 30.0. The zero-order valence-electron chi connectivity index (χ0n) is 37.0. The second-order valence-corrected chi connectivity index (χ2v) is 21.8. The highest BCUT2D eigenvalue weighted by Crippen LogP contribution is 2.39. The van der Waals surface area contributed by atoms with E-state index in [-0.39, 0.29) is 12.3 Å². The quantitative estimate of drug-likeness (QED) is 0.0966. The Balaban J connectivity index is 0.925. The summed E-state index contributed by atoms with van der Waals surface area (Å²) in [5.74, 6) is 1.38. The molecule has 2 aliphatic rings. The molecule has 0 aliphatic carbocycles. The average Bonchev–Trinajstić information content (AvgIpc) is 3.69. The molecule has 3 aromatic carbocycles. The van der Waals surface area contributed by atoms with Crippen molar-refractivity contribution in [1.29, 1.82) is 0 Å². The Hall–Kier alpha value is -5.21. The molecule has 0 unspecified atom stereocenters. The second kappa shape index (κ2) is 19.7. The first-order valence-electron chi connectivity index (χ1n) is 21.2. The van der Waals surface area contributed by atoms with Crippen LogP contribution in [0.4, 0.5) is 33.6 Å². The van der Waals surface area contributed by atoms with Crippen molar-refractivity contribution >= 4 is 76.2 Å². The van der Waals surface area contributed by atoms with Crippen LogP contribution >= 0.6 is 30.1 Å². The van der Waals surface area contributed by atoms with Crippen LogP contribution < -0.4 is 30.9 Å². The number of piperazine rings is 1. The molecule has 3 N–H and O–H groups in total. The van der Waals surface area contributed by atoms with Crippen LogP contribution in [0.25, 0.3) is 10.4 Å². The number of hydrogen-bond acceptors (Lipinski definition) is 13. The van der Waals surface area contributed by atoms with Gasteiger partial charge < -0.3 is 39.8 Å². The van der Waals surface area contributed by atoms with E-state index in [1.54, 1.807) is 31.8 Å². The molecule has 0 saturated carbocycles. The highest BCUT2D eigenvalue weighted by molar-refractivity contribution is 7.70. The van der Waals surface area contributed by atoms with E-state index in [1.807, 2.05) is 98.8 Å². The number of ether oxygens (including phenoxy) is 2. The van der Waals surface area contributed by atoms with Crippen LogP contribution in [0, 0.1) is 6.92 Å². The molecule has 2 aromatic heterocycles. The minimum absolute atomic E-state index is 0.00586. The fourth-order valence-corrected chi connectivity index (χ4v) is 10.2.